The van der Waals surface area contributed by atoms with Crippen LogP contribution in [0.3, 0.4) is 0 Å². The SMILES string of the molecule is Cn1c(NCC2CN(Cc3ccccc3)CCO2)c(C#N)c(=N)n(C)c1=S. The lowest BCUT2D eigenvalue weighted by Gasteiger charge is -2.33. The molecule has 8 heteroatoms. The van der Waals surface area contributed by atoms with E-state index in [0.717, 1.165) is 19.6 Å². The van der Waals surface area contributed by atoms with Crippen molar-refractivity contribution in [2.45, 2.75) is 12.6 Å². The van der Waals surface area contributed by atoms with E-state index in [1.165, 1.54) is 10.1 Å². The molecule has 0 bridgehead atoms. The van der Waals surface area contributed by atoms with E-state index in [0.29, 0.717) is 23.7 Å². The molecule has 0 radical (unpaired) electrons. The molecule has 0 saturated carbocycles. The number of ether oxygens (including phenoxy) is 1. The first kappa shape index (κ1) is 19.3. The molecular formula is C19H24N6OS. The molecule has 2 N–H and O–H groups in total. The average molecular weight is 385 g/mol. The number of rotatable bonds is 5. The lowest BCUT2D eigenvalue weighted by atomic mass is 10.2. The Morgan fingerprint density at radius 2 is 2.04 bits per heavy atom. The fraction of sp³-hybridized carbons (Fsp3) is 0.421. The number of benzene rings is 1. The smallest absolute Gasteiger partial charge is 0.182 e. The molecule has 0 aliphatic carbocycles. The topological polar surface area (TPSA) is 82.0 Å². The van der Waals surface area contributed by atoms with Gasteiger partial charge in [0, 0.05) is 40.3 Å². The Morgan fingerprint density at radius 3 is 2.74 bits per heavy atom. The zero-order chi connectivity index (χ0) is 19.4. The van der Waals surface area contributed by atoms with Gasteiger partial charge in [-0.2, -0.15) is 5.26 Å². The van der Waals surface area contributed by atoms with Crippen LogP contribution < -0.4 is 10.8 Å². The van der Waals surface area contributed by atoms with Crippen LogP contribution in [0.2, 0.25) is 0 Å². The number of hydrogen-bond acceptors (Lipinski definition) is 6. The summed E-state index contributed by atoms with van der Waals surface area (Å²) in [6.45, 7) is 3.83. The van der Waals surface area contributed by atoms with Gasteiger partial charge in [0.25, 0.3) is 0 Å². The Kier molecular flexibility index (Phi) is 6.06. The second kappa shape index (κ2) is 8.48. The first-order valence-electron chi connectivity index (χ1n) is 8.87. The molecule has 1 fully saturated rings. The van der Waals surface area contributed by atoms with Gasteiger partial charge in [0.1, 0.15) is 22.9 Å². The molecule has 142 valence electrons. The van der Waals surface area contributed by atoms with Gasteiger partial charge in [-0.15, -0.1) is 0 Å². The summed E-state index contributed by atoms with van der Waals surface area (Å²) in [6.07, 6.45) is 0.00529. The highest BCUT2D eigenvalue weighted by atomic mass is 32.1. The Hall–Kier alpha value is -2.47. The molecule has 2 aromatic rings. The van der Waals surface area contributed by atoms with Crippen molar-refractivity contribution in [1.82, 2.24) is 14.0 Å². The van der Waals surface area contributed by atoms with Gasteiger partial charge >= 0.3 is 0 Å². The quantitative estimate of drug-likeness (QED) is 0.768. The van der Waals surface area contributed by atoms with E-state index in [2.05, 4.69) is 40.6 Å². The van der Waals surface area contributed by atoms with E-state index in [1.54, 1.807) is 18.7 Å². The predicted molar refractivity (Wildman–Crippen MR) is 106 cm³/mol. The van der Waals surface area contributed by atoms with Crippen LogP contribution in [-0.4, -0.2) is 46.4 Å². The average Bonchev–Trinajstić information content (AvgIpc) is 2.69. The first-order chi connectivity index (χ1) is 13.0. The maximum Gasteiger partial charge on any atom is 0.182 e. The second-order valence-electron chi connectivity index (χ2n) is 6.68. The Labute approximate surface area is 163 Å². The fourth-order valence-electron chi connectivity index (χ4n) is 3.28. The standard InChI is InChI=1S/C19H24N6OS/c1-23-17(21)16(10-20)18(24(2)19(23)27)22-11-15-13-25(8-9-26-15)12-14-6-4-3-5-7-14/h3-7,15,21-22H,8-9,11-13H2,1-2H3. The summed E-state index contributed by atoms with van der Waals surface area (Å²) >= 11 is 5.36. The zero-order valence-electron chi connectivity index (χ0n) is 15.6. The van der Waals surface area contributed by atoms with Gasteiger partial charge in [-0.25, -0.2) is 0 Å². The van der Waals surface area contributed by atoms with Crippen molar-refractivity contribution in [3.8, 4) is 6.07 Å². The maximum absolute atomic E-state index is 9.47. The van der Waals surface area contributed by atoms with E-state index in [1.807, 2.05) is 6.07 Å². The van der Waals surface area contributed by atoms with Crippen molar-refractivity contribution in [1.29, 1.82) is 10.7 Å². The summed E-state index contributed by atoms with van der Waals surface area (Å²) in [5.41, 5.74) is 1.68. The monoisotopic (exact) mass is 384 g/mol. The van der Waals surface area contributed by atoms with Crippen molar-refractivity contribution in [3.63, 3.8) is 0 Å². The third-order valence-electron chi connectivity index (χ3n) is 4.80. The molecule has 0 amide bonds. The van der Waals surface area contributed by atoms with Crippen LogP contribution in [0.4, 0.5) is 5.82 Å². The number of morpholine rings is 1. The molecule has 0 spiro atoms. The van der Waals surface area contributed by atoms with Crippen LogP contribution in [0.1, 0.15) is 11.1 Å². The number of aromatic nitrogens is 2. The van der Waals surface area contributed by atoms with Crippen LogP contribution in [0.15, 0.2) is 30.3 Å². The lowest BCUT2D eigenvalue weighted by Crippen LogP contribution is -2.45. The van der Waals surface area contributed by atoms with Crippen LogP contribution in [0.5, 0.6) is 0 Å². The van der Waals surface area contributed by atoms with Gasteiger partial charge in [-0.05, 0) is 17.8 Å². The van der Waals surface area contributed by atoms with Crippen molar-refractivity contribution in [2.75, 3.05) is 31.6 Å². The number of hydrogen-bond donors (Lipinski definition) is 2. The van der Waals surface area contributed by atoms with E-state index < -0.39 is 0 Å². The van der Waals surface area contributed by atoms with Crippen molar-refractivity contribution in [3.05, 3.63) is 51.7 Å². The number of nitriles is 1. The number of nitrogens with zero attached hydrogens (tertiary/aromatic N) is 4. The molecular weight excluding hydrogens is 360 g/mol. The normalized spacial score (nSPS) is 17.4. The third-order valence-corrected chi connectivity index (χ3v) is 5.35. The van der Waals surface area contributed by atoms with Gasteiger partial charge in [-0.3, -0.25) is 10.3 Å². The van der Waals surface area contributed by atoms with E-state index in [4.69, 9.17) is 22.4 Å². The summed E-state index contributed by atoms with van der Waals surface area (Å²) in [5, 5.41) is 20.9. The fourth-order valence-corrected chi connectivity index (χ4v) is 3.46. The Balaban J connectivity index is 1.69. The van der Waals surface area contributed by atoms with Crippen LogP contribution in [-0.2, 0) is 25.4 Å². The van der Waals surface area contributed by atoms with Gasteiger partial charge < -0.3 is 19.2 Å². The predicted octanol–water partition coefficient (Wildman–Crippen LogP) is 1.76. The zero-order valence-corrected chi connectivity index (χ0v) is 16.4. The molecule has 1 aliphatic heterocycles. The molecule has 1 atom stereocenters. The summed E-state index contributed by atoms with van der Waals surface area (Å²) in [4.78, 5) is 2.37. The van der Waals surface area contributed by atoms with E-state index >= 15 is 0 Å². The highest BCUT2D eigenvalue weighted by molar-refractivity contribution is 7.71. The van der Waals surface area contributed by atoms with Crippen molar-refractivity contribution >= 4 is 18.0 Å². The van der Waals surface area contributed by atoms with Gasteiger partial charge in [0.15, 0.2) is 4.77 Å². The highest BCUT2D eigenvalue weighted by Crippen LogP contribution is 2.14. The first-order valence-corrected chi connectivity index (χ1v) is 9.28. The largest absolute Gasteiger partial charge is 0.374 e. The van der Waals surface area contributed by atoms with Crippen molar-refractivity contribution in [2.24, 2.45) is 14.1 Å². The Morgan fingerprint density at radius 1 is 1.30 bits per heavy atom. The number of anilines is 1. The molecule has 1 unspecified atom stereocenters. The molecule has 27 heavy (non-hydrogen) atoms. The van der Waals surface area contributed by atoms with Gasteiger partial charge in [0.05, 0.1) is 12.7 Å². The minimum atomic E-state index is 0.00529. The lowest BCUT2D eigenvalue weighted by molar-refractivity contribution is -0.0241. The van der Waals surface area contributed by atoms with Crippen LogP contribution in [0, 0.1) is 21.5 Å². The highest BCUT2D eigenvalue weighted by Gasteiger charge is 2.21. The van der Waals surface area contributed by atoms with E-state index in [9.17, 15) is 5.26 Å². The summed E-state index contributed by atoms with van der Waals surface area (Å²) in [5.74, 6) is 0.564. The molecule has 7 nitrogen and oxygen atoms in total. The molecule has 2 heterocycles. The van der Waals surface area contributed by atoms with Gasteiger partial charge in [0.2, 0.25) is 0 Å². The molecule has 3 rings (SSSR count). The maximum atomic E-state index is 9.47. The van der Waals surface area contributed by atoms with Crippen molar-refractivity contribution < 1.29 is 4.74 Å². The molecule has 1 aromatic carbocycles. The van der Waals surface area contributed by atoms with Crippen LogP contribution in [0.25, 0.3) is 0 Å². The third kappa shape index (κ3) is 4.27. The molecule has 1 aliphatic rings. The Bertz CT molecular complexity index is 959. The number of nitrogens with one attached hydrogen (secondary N) is 2. The second-order valence-corrected chi connectivity index (χ2v) is 7.04. The minimum Gasteiger partial charge on any atom is -0.374 e. The van der Waals surface area contributed by atoms with E-state index in [-0.39, 0.29) is 17.2 Å². The van der Waals surface area contributed by atoms with Gasteiger partial charge in [-0.1, -0.05) is 30.3 Å². The summed E-state index contributed by atoms with van der Waals surface area (Å²) in [6, 6.07) is 12.5. The summed E-state index contributed by atoms with van der Waals surface area (Å²) in [7, 11) is 3.50. The molecule has 1 saturated heterocycles. The minimum absolute atomic E-state index is 0.00529. The van der Waals surface area contributed by atoms with Crippen LogP contribution >= 0.6 is 12.2 Å². The summed E-state index contributed by atoms with van der Waals surface area (Å²) < 4.78 is 9.63. The molecule has 1 aromatic heterocycles.